The molecule has 1 heterocycles. The van der Waals surface area contributed by atoms with Crippen LogP contribution in [-0.4, -0.2) is 15.7 Å². The van der Waals surface area contributed by atoms with Crippen LogP contribution in [0.3, 0.4) is 0 Å². The molecule has 2 N–H and O–H groups in total. The molecule has 0 aliphatic heterocycles. The summed E-state index contributed by atoms with van der Waals surface area (Å²) in [5.41, 5.74) is 8.09. The first-order valence-corrected chi connectivity index (χ1v) is 7.97. The molecular formula is C17H27N3O. The quantitative estimate of drug-likeness (QED) is 0.761. The number of nitrogens with two attached hydrogens (primary N) is 1. The fourth-order valence-corrected chi connectivity index (χ4v) is 2.74. The second-order valence-corrected chi connectivity index (χ2v) is 5.98. The molecule has 0 aliphatic rings. The number of nitrogen functional groups attached to an aromatic ring is 1. The normalized spacial score (nSPS) is 13.0. The van der Waals surface area contributed by atoms with Crippen LogP contribution in [0.1, 0.15) is 59.4 Å². The predicted molar refractivity (Wildman–Crippen MR) is 88.8 cm³/mol. The molecule has 1 atom stereocenters. The van der Waals surface area contributed by atoms with Crippen LogP contribution < -0.4 is 10.5 Å². The molecule has 2 aromatic rings. The summed E-state index contributed by atoms with van der Waals surface area (Å²) in [7, 11) is 0. The van der Waals surface area contributed by atoms with E-state index in [1.165, 1.54) is 19.3 Å². The van der Waals surface area contributed by atoms with Gasteiger partial charge in [-0.2, -0.15) is 0 Å². The molecule has 0 radical (unpaired) electrons. The van der Waals surface area contributed by atoms with Crippen molar-refractivity contribution in [2.24, 2.45) is 0 Å². The van der Waals surface area contributed by atoms with E-state index in [1.807, 2.05) is 26.0 Å². The molecule has 1 aromatic carbocycles. The van der Waals surface area contributed by atoms with Crippen molar-refractivity contribution >= 4 is 17.0 Å². The number of fused-ring (bicyclic) bond motifs is 1. The number of unbranched alkanes of at least 4 members (excludes halogenated alkanes) is 2. The molecule has 0 bridgehead atoms. The number of benzene rings is 1. The Morgan fingerprint density at radius 2 is 2.00 bits per heavy atom. The molecule has 0 aliphatic carbocycles. The van der Waals surface area contributed by atoms with E-state index in [2.05, 4.69) is 29.5 Å². The molecule has 0 spiro atoms. The van der Waals surface area contributed by atoms with E-state index in [1.54, 1.807) is 0 Å². The van der Waals surface area contributed by atoms with E-state index in [4.69, 9.17) is 10.5 Å². The molecule has 116 valence electrons. The molecule has 0 saturated carbocycles. The largest absolute Gasteiger partial charge is 0.489 e. The van der Waals surface area contributed by atoms with Crippen molar-refractivity contribution in [3.05, 3.63) is 18.2 Å². The van der Waals surface area contributed by atoms with Crippen molar-refractivity contribution in [2.45, 2.75) is 65.5 Å². The molecule has 1 unspecified atom stereocenters. The summed E-state index contributed by atoms with van der Waals surface area (Å²) in [5, 5.41) is 0. The van der Waals surface area contributed by atoms with Crippen LogP contribution in [0.2, 0.25) is 0 Å². The smallest absolute Gasteiger partial charge is 0.201 e. The summed E-state index contributed by atoms with van der Waals surface area (Å²) in [5.74, 6) is 1.39. The highest BCUT2D eigenvalue weighted by Crippen LogP contribution is 2.31. The summed E-state index contributed by atoms with van der Waals surface area (Å²) in [4.78, 5) is 4.53. The van der Waals surface area contributed by atoms with Crippen LogP contribution in [0.25, 0.3) is 11.0 Å². The maximum absolute atomic E-state index is 6.15. The lowest BCUT2D eigenvalue weighted by Crippen LogP contribution is -2.09. The van der Waals surface area contributed by atoms with E-state index in [0.717, 1.165) is 23.2 Å². The highest BCUT2D eigenvalue weighted by atomic mass is 16.5. The minimum atomic E-state index is 0.129. The highest BCUT2D eigenvalue weighted by Gasteiger charge is 2.16. The van der Waals surface area contributed by atoms with Gasteiger partial charge in [-0.25, -0.2) is 4.98 Å². The van der Waals surface area contributed by atoms with Gasteiger partial charge in [0, 0.05) is 6.04 Å². The number of imidazole rings is 1. The molecule has 0 saturated heterocycles. The topological polar surface area (TPSA) is 53.1 Å². The standard InChI is InChI=1S/C17H27N3O/c1-5-6-7-9-13(4)20-14-10-8-11-15(21-12(2)3)16(14)19-17(20)18/h8,10-13H,5-7,9H2,1-4H3,(H2,18,19). The predicted octanol–water partition coefficient (Wildman–Crippen LogP) is 4.55. The summed E-state index contributed by atoms with van der Waals surface area (Å²) < 4.78 is 7.98. The zero-order valence-corrected chi connectivity index (χ0v) is 13.6. The van der Waals surface area contributed by atoms with Crippen molar-refractivity contribution in [3.63, 3.8) is 0 Å². The van der Waals surface area contributed by atoms with Crippen molar-refractivity contribution in [3.8, 4) is 5.75 Å². The van der Waals surface area contributed by atoms with Gasteiger partial charge < -0.3 is 15.0 Å². The van der Waals surface area contributed by atoms with E-state index in [0.29, 0.717) is 12.0 Å². The third-order valence-electron chi connectivity index (χ3n) is 3.74. The monoisotopic (exact) mass is 289 g/mol. The van der Waals surface area contributed by atoms with E-state index in [9.17, 15) is 0 Å². The lowest BCUT2D eigenvalue weighted by atomic mass is 10.1. The molecule has 0 fully saturated rings. The zero-order chi connectivity index (χ0) is 15.4. The van der Waals surface area contributed by atoms with Crippen molar-refractivity contribution in [1.29, 1.82) is 0 Å². The number of hydrogen-bond donors (Lipinski definition) is 1. The lowest BCUT2D eigenvalue weighted by Gasteiger charge is -2.16. The molecular weight excluding hydrogens is 262 g/mol. The number of ether oxygens (including phenoxy) is 1. The van der Waals surface area contributed by atoms with Crippen LogP contribution in [0.5, 0.6) is 5.75 Å². The molecule has 2 rings (SSSR count). The Morgan fingerprint density at radius 1 is 1.24 bits per heavy atom. The first-order valence-electron chi connectivity index (χ1n) is 7.97. The highest BCUT2D eigenvalue weighted by molar-refractivity contribution is 5.84. The molecule has 4 heteroatoms. The number of aromatic nitrogens is 2. The van der Waals surface area contributed by atoms with E-state index in [-0.39, 0.29) is 6.10 Å². The van der Waals surface area contributed by atoms with Crippen molar-refractivity contribution in [1.82, 2.24) is 9.55 Å². The Kier molecular flexibility index (Phi) is 5.10. The van der Waals surface area contributed by atoms with Crippen LogP contribution in [0.15, 0.2) is 18.2 Å². The van der Waals surface area contributed by atoms with Gasteiger partial charge in [0.2, 0.25) is 5.95 Å². The number of hydrogen-bond acceptors (Lipinski definition) is 3. The van der Waals surface area contributed by atoms with Gasteiger partial charge in [0.1, 0.15) is 11.3 Å². The minimum Gasteiger partial charge on any atom is -0.489 e. The van der Waals surface area contributed by atoms with Gasteiger partial charge in [0.25, 0.3) is 0 Å². The lowest BCUT2D eigenvalue weighted by molar-refractivity contribution is 0.245. The molecule has 1 aromatic heterocycles. The second-order valence-electron chi connectivity index (χ2n) is 5.98. The van der Waals surface area contributed by atoms with Crippen LogP contribution in [0.4, 0.5) is 5.95 Å². The Hall–Kier alpha value is -1.71. The van der Waals surface area contributed by atoms with Crippen molar-refractivity contribution < 1.29 is 4.74 Å². The van der Waals surface area contributed by atoms with Gasteiger partial charge in [0.05, 0.1) is 11.6 Å². The first kappa shape index (κ1) is 15.7. The minimum absolute atomic E-state index is 0.129. The molecule has 21 heavy (non-hydrogen) atoms. The third kappa shape index (κ3) is 3.49. The van der Waals surface area contributed by atoms with Crippen molar-refractivity contribution in [2.75, 3.05) is 5.73 Å². The number of anilines is 1. The zero-order valence-electron chi connectivity index (χ0n) is 13.6. The Bertz CT molecular complexity index is 589. The number of para-hydroxylation sites is 1. The third-order valence-corrected chi connectivity index (χ3v) is 3.74. The molecule has 4 nitrogen and oxygen atoms in total. The van der Waals surface area contributed by atoms with Gasteiger partial charge in [-0.3, -0.25) is 0 Å². The summed E-state index contributed by atoms with van der Waals surface area (Å²) >= 11 is 0. The van der Waals surface area contributed by atoms with Crippen LogP contribution in [0, 0.1) is 0 Å². The van der Waals surface area contributed by atoms with Gasteiger partial charge in [-0.15, -0.1) is 0 Å². The Morgan fingerprint density at radius 3 is 2.67 bits per heavy atom. The second kappa shape index (κ2) is 6.83. The SMILES string of the molecule is CCCCCC(C)n1c(N)nc2c(OC(C)C)cccc21. The Labute approximate surface area is 127 Å². The summed E-state index contributed by atoms with van der Waals surface area (Å²) in [6.07, 6.45) is 4.97. The fourth-order valence-electron chi connectivity index (χ4n) is 2.74. The average Bonchev–Trinajstić information content (AvgIpc) is 2.75. The maximum Gasteiger partial charge on any atom is 0.201 e. The first-order chi connectivity index (χ1) is 10.0. The number of nitrogens with zero attached hydrogens (tertiary/aromatic N) is 2. The Balaban J connectivity index is 2.34. The average molecular weight is 289 g/mol. The van der Waals surface area contributed by atoms with Crippen LogP contribution >= 0.6 is 0 Å². The van der Waals surface area contributed by atoms with E-state index < -0.39 is 0 Å². The maximum atomic E-state index is 6.15. The summed E-state index contributed by atoms with van der Waals surface area (Å²) in [6, 6.07) is 6.40. The number of rotatable bonds is 7. The molecule has 0 amide bonds. The van der Waals surface area contributed by atoms with Crippen LogP contribution in [-0.2, 0) is 0 Å². The van der Waals surface area contributed by atoms with Gasteiger partial charge in [-0.1, -0.05) is 32.3 Å². The van der Waals surface area contributed by atoms with E-state index >= 15 is 0 Å². The van der Waals surface area contributed by atoms with Gasteiger partial charge >= 0.3 is 0 Å². The summed E-state index contributed by atoms with van der Waals surface area (Å²) in [6.45, 7) is 8.48. The van der Waals surface area contributed by atoms with Gasteiger partial charge in [0.15, 0.2) is 0 Å². The fraction of sp³-hybridized carbons (Fsp3) is 0.588. The van der Waals surface area contributed by atoms with Gasteiger partial charge in [-0.05, 0) is 39.3 Å².